The maximum absolute atomic E-state index is 13.4. The summed E-state index contributed by atoms with van der Waals surface area (Å²) in [6.45, 7) is 5.16. The van der Waals surface area contributed by atoms with Crippen molar-refractivity contribution in [3.05, 3.63) is 0 Å². The maximum Gasteiger partial charge on any atom is 0.209 e. The van der Waals surface area contributed by atoms with Gasteiger partial charge in [-0.1, -0.05) is 6.92 Å². The zero-order valence-corrected chi connectivity index (χ0v) is 7.68. The molecule has 1 aliphatic heterocycles. The lowest BCUT2D eigenvalue weighted by molar-refractivity contribution is 0.196. The largest absolute Gasteiger partial charge is 0.296 e. The second-order valence-corrected chi connectivity index (χ2v) is 3.55. The fourth-order valence-electron chi connectivity index (χ4n) is 1.53. The van der Waals surface area contributed by atoms with Gasteiger partial charge in [0.1, 0.15) is 6.07 Å². The number of alkyl halides is 1. The second-order valence-electron chi connectivity index (χ2n) is 3.55. The quantitative estimate of drug-likeness (QED) is 0.631. The molecule has 2 atom stereocenters. The molecule has 0 aromatic carbocycles. The third-order valence-corrected chi connectivity index (χ3v) is 2.66. The predicted octanol–water partition coefficient (Wildman–Crippen LogP) is 1.72. The van der Waals surface area contributed by atoms with Gasteiger partial charge >= 0.3 is 0 Å². The van der Waals surface area contributed by atoms with Crippen LogP contribution >= 0.6 is 0 Å². The number of hydrogen-bond donors (Lipinski definition) is 0. The van der Waals surface area contributed by atoms with Crippen LogP contribution in [0.2, 0.25) is 0 Å². The standard InChI is InChI=1S/C9H15FN2/c1-3-8(2)12-5-4-9(10,6-11)7-12/h8H,3-5,7H2,1-2H3. The summed E-state index contributed by atoms with van der Waals surface area (Å²) in [7, 11) is 0. The van der Waals surface area contributed by atoms with Crippen molar-refractivity contribution >= 4 is 0 Å². The smallest absolute Gasteiger partial charge is 0.209 e. The molecule has 0 aromatic heterocycles. The summed E-state index contributed by atoms with van der Waals surface area (Å²) >= 11 is 0. The van der Waals surface area contributed by atoms with E-state index in [1.54, 1.807) is 6.07 Å². The van der Waals surface area contributed by atoms with E-state index in [1.807, 2.05) is 4.90 Å². The van der Waals surface area contributed by atoms with Gasteiger partial charge in [0, 0.05) is 25.6 Å². The van der Waals surface area contributed by atoms with Gasteiger partial charge in [-0.25, -0.2) is 4.39 Å². The van der Waals surface area contributed by atoms with E-state index in [4.69, 9.17) is 5.26 Å². The van der Waals surface area contributed by atoms with Crippen molar-refractivity contribution < 1.29 is 4.39 Å². The Labute approximate surface area is 73.0 Å². The molecule has 0 aliphatic carbocycles. The molecule has 1 rings (SSSR count). The van der Waals surface area contributed by atoms with Crippen molar-refractivity contribution in [2.24, 2.45) is 0 Å². The van der Waals surface area contributed by atoms with E-state index in [0.717, 1.165) is 13.0 Å². The average Bonchev–Trinajstić information content (AvgIpc) is 2.48. The van der Waals surface area contributed by atoms with Gasteiger partial charge < -0.3 is 0 Å². The fraction of sp³-hybridized carbons (Fsp3) is 0.889. The molecule has 12 heavy (non-hydrogen) atoms. The molecule has 0 bridgehead atoms. The molecule has 1 heterocycles. The normalized spacial score (nSPS) is 33.2. The lowest BCUT2D eigenvalue weighted by atomic mass is 10.1. The van der Waals surface area contributed by atoms with Gasteiger partial charge in [-0.2, -0.15) is 5.26 Å². The highest BCUT2D eigenvalue weighted by atomic mass is 19.1. The zero-order valence-electron chi connectivity index (χ0n) is 7.68. The first-order valence-corrected chi connectivity index (χ1v) is 4.45. The third kappa shape index (κ3) is 1.75. The van der Waals surface area contributed by atoms with Crippen LogP contribution in [0, 0.1) is 11.3 Å². The van der Waals surface area contributed by atoms with Crippen LogP contribution in [0.15, 0.2) is 0 Å². The Kier molecular flexibility index (Phi) is 2.69. The predicted molar refractivity (Wildman–Crippen MR) is 45.4 cm³/mol. The van der Waals surface area contributed by atoms with E-state index in [0.29, 0.717) is 19.0 Å². The summed E-state index contributed by atoms with van der Waals surface area (Å²) in [6.07, 6.45) is 1.38. The molecule has 1 aliphatic rings. The van der Waals surface area contributed by atoms with E-state index >= 15 is 0 Å². The first kappa shape index (κ1) is 9.47. The van der Waals surface area contributed by atoms with Crippen LogP contribution in [0.5, 0.6) is 0 Å². The van der Waals surface area contributed by atoms with Crippen molar-refractivity contribution in [3.8, 4) is 6.07 Å². The van der Waals surface area contributed by atoms with Crippen LogP contribution in [-0.2, 0) is 0 Å². The lowest BCUT2D eigenvalue weighted by Gasteiger charge is -2.22. The zero-order chi connectivity index (χ0) is 9.19. The number of nitriles is 1. The maximum atomic E-state index is 13.4. The Hall–Kier alpha value is -0.620. The van der Waals surface area contributed by atoms with Gasteiger partial charge in [0.25, 0.3) is 0 Å². The van der Waals surface area contributed by atoms with Gasteiger partial charge in [0.05, 0.1) is 0 Å². The number of hydrogen-bond acceptors (Lipinski definition) is 2. The topological polar surface area (TPSA) is 27.0 Å². The molecule has 0 spiro atoms. The summed E-state index contributed by atoms with van der Waals surface area (Å²) in [4.78, 5) is 2.04. The lowest BCUT2D eigenvalue weighted by Crippen LogP contribution is -2.33. The number of halogens is 1. The van der Waals surface area contributed by atoms with E-state index in [9.17, 15) is 4.39 Å². The van der Waals surface area contributed by atoms with Crippen molar-refractivity contribution in [2.75, 3.05) is 13.1 Å². The van der Waals surface area contributed by atoms with Gasteiger partial charge in [0.2, 0.25) is 5.67 Å². The Bertz CT molecular complexity index is 199. The van der Waals surface area contributed by atoms with Gasteiger partial charge in [-0.05, 0) is 13.3 Å². The molecular formula is C9H15FN2. The molecule has 0 radical (unpaired) electrons. The third-order valence-electron chi connectivity index (χ3n) is 2.66. The number of nitrogens with zero attached hydrogens (tertiary/aromatic N) is 2. The van der Waals surface area contributed by atoms with Crippen LogP contribution in [-0.4, -0.2) is 29.7 Å². The first-order chi connectivity index (χ1) is 5.61. The van der Waals surface area contributed by atoms with Crippen molar-refractivity contribution in [1.29, 1.82) is 5.26 Å². The molecule has 3 heteroatoms. The van der Waals surface area contributed by atoms with Gasteiger partial charge in [-0.15, -0.1) is 0 Å². The van der Waals surface area contributed by atoms with Gasteiger partial charge in [-0.3, -0.25) is 4.90 Å². The van der Waals surface area contributed by atoms with Crippen LogP contribution < -0.4 is 0 Å². The molecule has 68 valence electrons. The molecule has 0 aromatic rings. The highest BCUT2D eigenvalue weighted by molar-refractivity contribution is 5.07. The molecule has 1 saturated heterocycles. The SMILES string of the molecule is CCC(C)N1CCC(F)(C#N)C1. The Morgan fingerprint density at radius 2 is 2.42 bits per heavy atom. The highest BCUT2D eigenvalue weighted by Gasteiger charge is 2.39. The second kappa shape index (κ2) is 3.40. The monoisotopic (exact) mass is 170 g/mol. The van der Waals surface area contributed by atoms with E-state index in [1.165, 1.54) is 0 Å². The molecule has 1 fully saturated rings. The minimum Gasteiger partial charge on any atom is -0.296 e. The van der Waals surface area contributed by atoms with Crippen LogP contribution in [0.3, 0.4) is 0 Å². The van der Waals surface area contributed by atoms with E-state index in [-0.39, 0.29) is 0 Å². The number of rotatable bonds is 2. The fourth-order valence-corrected chi connectivity index (χ4v) is 1.53. The summed E-state index contributed by atoms with van der Waals surface area (Å²) in [6, 6.07) is 2.14. The highest BCUT2D eigenvalue weighted by Crippen LogP contribution is 2.26. The molecule has 0 N–H and O–H groups in total. The average molecular weight is 170 g/mol. The van der Waals surface area contributed by atoms with Gasteiger partial charge in [0.15, 0.2) is 0 Å². The van der Waals surface area contributed by atoms with Crippen LogP contribution in [0.1, 0.15) is 26.7 Å². The summed E-state index contributed by atoms with van der Waals surface area (Å²) in [5, 5.41) is 8.55. The Balaban J connectivity index is 2.52. The van der Waals surface area contributed by atoms with Crippen molar-refractivity contribution in [3.63, 3.8) is 0 Å². The van der Waals surface area contributed by atoms with E-state index < -0.39 is 5.67 Å². The minimum atomic E-state index is -1.58. The van der Waals surface area contributed by atoms with Crippen LogP contribution in [0.4, 0.5) is 4.39 Å². The van der Waals surface area contributed by atoms with E-state index in [2.05, 4.69) is 13.8 Å². The van der Waals surface area contributed by atoms with Crippen LogP contribution in [0.25, 0.3) is 0 Å². The molecule has 2 unspecified atom stereocenters. The van der Waals surface area contributed by atoms with Crippen molar-refractivity contribution in [2.45, 2.75) is 38.4 Å². The summed E-state index contributed by atoms with van der Waals surface area (Å²) in [5.41, 5.74) is -1.58. The molecule has 0 amide bonds. The summed E-state index contributed by atoms with van der Waals surface area (Å²) in [5.74, 6) is 0. The first-order valence-electron chi connectivity index (χ1n) is 4.45. The molecule has 0 saturated carbocycles. The Morgan fingerprint density at radius 3 is 2.83 bits per heavy atom. The molecule has 2 nitrogen and oxygen atoms in total. The minimum absolute atomic E-state index is 0.290. The Morgan fingerprint density at radius 1 is 1.75 bits per heavy atom. The number of likely N-dealkylation sites (tertiary alicyclic amines) is 1. The van der Waals surface area contributed by atoms with Crippen molar-refractivity contribution in [1.82, 2.24) is 4.90 Å². The summed E-state index contributed by atoms with van der Waals surface area (Å²) < 4.78 is 13.4. The molecular weight excluding hydrogens is 155 g/mol.